The molecule has 0 heterocycles. The number of carbonyl (C=O) groups excluding carboxylic acids is 3. The molecule has 1 atom stereocenters. The second kappa shape index (κ2) is 56.2. The van der Waals surface area contributed by atoms with Gasteiger partial charge < -0.3 is 14.2 Å². The third-order valence-corrected chi connectivity index (χ3v) is 12.1. The van der Waals surface area contributed by atoms with Crippen LogP contribution in [0.15, 0.2) is 85.1 Å². The normalized spacial score (nSPS) is 12.7. The summed E-state index contributed by atoms with van der Waals surface area (Å²) in [6.45, 7) is 6.48. The van der Waals surface area contributed by atoms with Gasteiger partial charge in [-0.15, -0.1) is 0 Å². The molecule has 0 bridgehead atoms. The van der Waals surface area contributed by atoms with Crippen molar-refractivity contribution < 1.29 is 28.6 Å². The molecule has 0 saturated carbocycles. The van der Waals surface area contributed by atoms with Crippen LogP contribution in [-0.4, -0.2) is 37.2 Å². The lowest BCUT2D eigenvalue weighted by atomic mass is 10.1. The van der Waals surface area contributed by atoms with Crippen LogP contribution in [0.4, 0.5) is 0 Å². The zero-order valence-electron chi connectivity index (χ0n) is 44.6. The van der Waals surface area contributed by atoms with E-state index in [2.05, 4.69) is 106 Å². The molecule has 0 rings (SSSR count). The van der Waals surface area contributed by atoms with Crippen LogP contribution >= 0.6 is 0 Å². The maximum Gasteiger partial charge on any atom is 0.306 e. The molecule has 0 aliphatic heterocycles. The van der Waals surface area contributed by atoms with Gasteiger partial charge in [-0.2, -0.15) is 0 Å². The molecule has 0 aromatic rings. The van der Waals surface area contributed by atoms with Gasteiger partial charge in [-0.25, -0.2) is 0 Å². The highest BCUT2D eigenvalue weighted by Crippen LogP contribution is 2.14. The maximum atomic E-state index is 12.9. The Morgan fingerprint density at radius 2 is 0.618 bits per heavy atom. The number of hydrogen-bond acceptors (Lipinski definition) is 6. The van der Waals surface area contributed by atoms with E-state index < -0.39 is 6.10 Å². The minimum absolute atomic E-state index is 0.0906. The summed E-state index contributed by atoms with van der Waals surface area (Å²) in [5.74, 6) is -0.918. The molecule has 390 valence electrons. The Kier molecular flexibility index (Phi) is 53.4. The predicted molar refractivity (Wildman–Crippen MR) is 293 cm³/mol. The number of hydrogen-bond donors (Lipinski definition) is 0. The van der Waals surface area contributed by atoms with E-state index in [4.69, 9.17) is 14.2 Å². The molecule has 0 aliphatic rings. The summed E-state index contributed by atoms with van der Waals surface area (Å²) < 4.78 is 16.8. The summed E-state index contributed by atoms with van der Waals surface area (Å²) in [5, 5.41) is 0. The van der Waals surface area contributed by atoms with Gasteiger partial charge >= 0.3 is 17.9 Å². The van der Waals surface area contributed by atoms with Crippen molar-refractivity contribution in [2.24, 2.45) is 0 Å². The van der Waals surface area contributed by atoms with E-state index in [0.29, 0.717) is 19.3 Å². The second-order valence-corrected chi connectivity index (χ2v) is 18.8. The fourth-order valence-electron chi connectivity index (χ4n) is 7.83. The van der Waals surface area contributed by atoms with Gasteiger partial charge in [-0.1, -0.05) is 228 Å². The Morgan fingerprint density at radius 1 is 0.324 bits per heavy atom. The Bertz CT molecular complexity index is 1320. The van der Waals surface area contributed by atoms with E-state index >= 15 is 0 Å². The second-order valence-electron chi connectivity index (χ2n) is 18.8. The number of unbranched alkanes of at least 4 members (excludes halogenated alkanes) is 27. The van der Waals surface area contributed by atoms with Crippen molar-refractivity contribution >= 4 is 17.9 Å². The monoisotopic (exact) mass is 947 g/mol. The molecule has 6 nitrogen and oxygen atoms in total. The van der Waals surface area contributed by atoms with Crippen LogP contribution < -0.4 is 0 Å². The molecule has 0 radical (unpaired) electrons. The van der Waals surface area contributed by atoms with E-state index in [-0.39, 0.29) is 31.1 Å². The first-order valence-corrected chi connectivity index (χ1v) is 28.6. The lowest BCUT2D eigenvalue weighted by Crippen LogP contribution is -2.30. The minimum atomic E-state index is -0.793. The Hall–Kier alpha value is -3.41. The van der Waals surface area contributed by atoms with Crippen molar-refractivity contribution in [3.63, 3.8) is 0 Å². The summed E-state index contributed by atoms with van der Waals surface area (Å²) in [6.07, 6.45) is 72.8. The summed E-state index contributed by atoms with van der Waals surface area (Å²) >= 11 is 0. The molecule has 0 N–H and O–H groups in total. The highest BCUT2D eigenvalue weighted by molar-refractivity contribution is 5.71. The average Bonchev–Trinajstić information content (AvgIpc) is 3.34. The molecule has 0 fully saturated rings. The fraction of sp³-hybridized carbons (Fsp3) is 0.726. The molecule has 1 unspecified atom stereocenters. The van der Waals surface area contributed by atoms with Crippen molar-refractivity contribution in [1.29, 1.82) is 0 Å². The minimum Gasteiger partial charge on any atom is -0.462 e. The van der Waals surface area contributed by atoms with Gasteiger partial charge in [0.2, 0.25) is 0 Å². The Balaban J connectivity index is 4.43. The SMILES string of the molecule is CC/C=C\C/C=C\C/C=C\C/C=C\CCCCCCCCC(=O)OCC(COC(=O)CCCCCCCC/C=C\C=C/CCCCC)OC(=O)CCCCCCC/C=C\CCCCCCCCC. The van der Waals surface area contributed by atoms with Crippen molar-refractivity contribution in [2.75, 3.05) is 13.2 Å². The Morgan fingerprint density at radius 3 is 1.03 bits per heavy atom. The van der Waals surface area contributed by atoms with E-state index in [1.54, 1.807) is 0 Å². The molecule has 0 aromatic heterocycles. The summed E-state index contributed by atoms with van der Waals surface area (Å²) in [7, 11) is 0. The van der Waals surface area contributed by atoms with E-state index in [1.807, 2.05) is 0 Å². The van der Waals surface area contributed by atoms with Gasteiger partial charge in [0.05, 0.1) is 0 Å². The first-order chi connectivity index (χ1) is 33.5. The first kappa shape index (κ1) is 64.6. The molecule has 0 aliphatic carbocycles. The number of allylic oxidation sites excluding steroid dienone is 14. The van der Waals surface area contributed by atoms with Crippen LogP contribution in [0.3, 0.4) is 0 Å². The van der Waals surface area contributed by atoms with Crippen LogP contribution in [0.5, 0.6) is 0 Å². The zero-order chi connectivity index (χ0) is 49.3. The molecule has 0 aromatic carbocycles. The van der Waals surface area contributed by atoms with E-state index in [1.165, 1.54) is 116 Å². The van der Waals surface area contributed by atoms with E-state index in [0.717, 1.165) is 116 Å². The van der Waals surface area contributed by atoms with Crippen LogP contribution in [-0.2, 0) is 28.6 Å². The molecule has 6 heteroatoms. The lowest BCUT2D eigenvalue weighted by Gasteiger charge is -2.18. The van der Waals surface area contributed by atoms with Crippen molar-refractivity contribution in [3.05, 3.63) is 85.1 Å². The van der Waals surface area contributed by atoms with Crippen LogP contribution in [0.1, 0.15) is 271 Å². The number of carbonyl (C=O) groups is 3. The number of esters is 3. The molecular weight excluding hydrogens is 841 g/mol. The van der Waals surface area contributed by atoms with Crippen molar-refractivity contribution in [1.82, 2.24) is 0 Å². The molecule has 0 spiro atoms. The van der Waals surface area contributed by atoms with Crippen LogP contribution in [0, 0.1) is 0 Å². The Labute approximate surface area is 420 Å². The van der Waals surface area contributed by atoms with Gasteiger partial charge in [-0.3, -0.25) is 14.4 Å². The number of ether oxygens (including phenoxy) is 3. The standard InChI is InChI=1S/C62H106O6/c1-4-7-10-13-16-19-22-25-28-30-31-32-35-37-40-43-46-49-52-55-61(64)67-58-59(57-66-60(63)54-51-48-45-42-39-36-33-27-24-21-18-15-12-9-6-3)68-62(65)56-53-50-47-44-41-38-34-29-26-23-20-17-14-11-8-5-2/h7,10,16,18-19,21,24-25,27-29,31-32,34,59H,4-6,8-9,11-15,17,20,22-23,26,30,33,35-58H2,1-3H3/b10-7-,19-16-,21-18-,27-24-,28-25-,32-31-,34-29-. The predicted octanol–water partition coefficient (Wildman–Crippen LogP) is 19.2. The quantitative estimate of drug-likeness (QED) is 0.0199. The first-order valence-electron chi connectivity index (χ1n) is 28.6. The summed E-state index contributed by atoms with van der Waals surface area (Å²) in [5.41, 5.74) is 0. The van der Waals surface area contributed by atoms with Crippen molar-refractivity contribution in [2.45, 2.75) is 277 Å². The average molecular weight is 948 g/mol. The molecule has 0 saturated heterocycles. The fourth-order valence-corrected chi connectivity index (χ4v) is 7.83. The van der Waals surface area contributed by atoms with Crippen LogP contribution in [0.2, 0.25) is 0 Å². The topological polar surface area (TPSA) is 78.9 Å². The van der Waals surface area contributed by atoms with Gasteiger partial charge in [0.25, 0.3) is 0 Å². The highest BCUT2D eigenvalue weighted by Gasteiger charge is 2.19. The smallest absolute Gasteiger partial charge is 0.306 e. The summed E-state index contributed by atoms with van der Waals surface area (Å²) in [4.78, 5) is 38.2. The third kappa shape index (κ3) is 53.5. The molecule has 0 amide bonds. The van der Waals surface area contributed by atoms with Gasteiger partial charge in [0, 0.05) is 19.3 Å². The van der Waals surface area contributed by atoms with Gasteiger partial charge in [0.15, 0.2) is 6.10 Å². The van der Waals surface area contributed by atoms with E-state index in [9.17, 15) is 14.4 Å². The lowest BCUT2D eigenvalue weighted by molar-refractivity contribution is -0.167. The summed E-state index contributed by atoms with van der Waals surface area (Å²) in [6, 6.07) is 0. The van der Waals surface area contributed by atoms with Gasteiger partial charge in [-0.05, 0) is 109 Å². The molecular formula is C62H106O6. The highest BCUT2D eigenvalue weighted by atomic mass is 16.6. The zero-order valence-corrected chi connectivity index (χ0v) is 44.6. The third-order valence-electron chi connectivity index (χ3n) is 12.1. The molecule has 68 heavy (non-hydrogen) atoms. The van der Waals surface area contributed by atoms with Gasteiger partial charge in [0.1, 0.15) is 13.2 Å². The van der Waals surface area contributed by atoms with Crippen LogP contribution in [0.25, 0.3) is 0 Å². The largest absolute Gasteiger partial charge is 0.462 e. The maximum absolute atomic E-state index is 12.9. The number of rotatable bonds is 51. The van der Waals surface area contributed by atoms with Crippen molar-refractivity contribution in [3.8, 4) is 0 Å².